The molecule has 1 aromatic rings. The van der Waals surface area contributed by atoms with Gasteiger partial charge in [-0.25, -0.2) is 8.78 Å². The van der Waals surface area contributed by atoms with Crippen LogP contribution in [0.2, 0.25) is 0 Å². The molecule has 0 aliphatic rings. The Morgan fingerprint density at radius 3 is 1.89 bits per heavy atom. The summed E-state index contributed by atoms with van der Waals surface area (Å²) in [4.78, 5) is 0. The second-order valence-corrected chi connectivity index (χ2v) is 4.44. The van der Waals surface area contributed by atoms with E-state index in [-0.39, 0.29) is 12.5 Å². The SMILES string of the molecule is CCC(N)Cc1cc(OC)c(CC(F)F)cc1OC. The van der Waals surface area contributed by atoms with Crippen molar-refractivity contribution in [2.24, 2.45) is 5.73 Å². The fraction of sp³-hybridized carbons (Fsp3) is 0.571. The lowest BCUT2D eigenvalue weighted by Crippen LogP contribution is -2.21. The molecule has 0 saturated heterocycles. The Morgan fingerprint density at radius 1 is 1.05 bits per heavy atom. The van der Waals surface area contributed by atoms with Crippen LogP contribution in [0, 0.1) is 0 Å². The van der Waals surface area contributed by atoms with Crippen LogP contribution in [0.15, 0.2) is 12.1 Å². The third-order valence-corrected chi connectivity index (χ3v) is 3.06. The quantitative estimate of drug-likeness (QED) is 0.831. The zero-order valence-corrected chi connectivity index (χ0v) is 11.6. The number of rotatable bonds is 7. The van der Waals surface area contributed by atoms with Crippen molar-refractivity contribution in [2.75, 3.05) is 14.2 Å². The van der Waals surface area contributed by atoms with Crippen molar-refractivity contribution in [1.29, 1.82) is 0 Å². The van der Waals surface area contributed by atoms with E-state index in [0.29, 0.717) is 23.5 Å². The maximum Gasteiger partial charge on any atom is 0.242 e. The van der Waals surface area contributed by atoms with Crippen LogP contribution < -0.4 is 15.2 Å². The Kier molecular flexibility index (Phi) is 6.02. The van der Waals surface area contributed by atoms with Gasteiger partial charge in [0.25, 0.3) is 0 Å². The van der Waals surface area contributed by atoms with Gasteiger partial charge in [-0.1, -0.05) is 6.92 Å². The van der Waals surface area contributed by atoms with Gasteiger partial charge in [-0.2, -0.15) is 0 Å². The molecule has 0 saturated carbocycles. The highest BCUT2D eigenvalue weighted by atomic mass is 19.3. The number of hydrogen-bond acceptors (Lipinski definition) is 3. The Bertz CT molecular complexity index is 411. The number of methoxy groups -OCH3 is 2. The summed E-state index contributed by atoms with van der Waals surface area (Å²) < 4.78 is 35.5. The molecule has 0 heterocycles. The van der Waals surface area contributed by atoms with Crippen LogP contribution in [0.25, 0.3) is 0 Å². The van der Waals surface area contributed by atoms with Gasteiger partial charge >= 0.3 is 0 Å². The van der Waals surface area contributed by atoms with Gasteiger partial charge in [-0.15, -0.1) is 0 Å². The summed E-state index contributed by atoms with van der Waals surface area (Å²) in [5.41, 5.74) is 7.25. The minimum absolute atomic E-state index is 0.0135. The van der Waals surface area contributed by atoms with E-state index >= 15 is 0 Å². The zero-order valence-electron chi connectivity index (χ0n) is 11.6. The Hall–Kier alpha value is -1.36. The summed E-state index contributed by atoms with van der Waals surface area (Å²) >= 11 is 0. The predicted molar refractivity (Wildman–Crippen MR) is 71.2 cm³/mol. The molecule has 1 rings (SSSR count). The number of ether oxygens (including phenoxy) is 2. The van der Waals surface area contributed by atoms with E-state index in [2.05, 4.69) is 0 Å². The predicted octanol–water partition coefficient (Wildman–Crippen LogP) is 2.79. The standard InChI is InChI=1S/C14H21F2NO2/c1-4-11(17)5-9-6-13(19-3)10(8-14(15)16)7-12(9)18-2/h6-7,11,14H,4-5,8,17H2,1-3H3. The maximum absolute atomic E-state index is 12.5. The summed E-state index contributed by atoms with van der Waals surface area (Å²) in [5, 5.41) is 0. The summed E-state index contributed by atoms with van der Waals surface area (Å²) in [6, 6.07) is 3.37. The topological polar surface area (TPSA) is 44.5 Å². The summed E-state index contributed by atoms with van der Waals surface area (Å²) in [6.45, 7) is 2.00. The first-order chi connectivity index (χ1) is 9.01. The molecule has 2 N–H and O–H groups in total. The fourth-order valence-electron chi connectivity index (χ4n) is 1.94. The molecule has 0 amide bonds. The summed E-state index contributed by atoms with van der Waals surface area (Å²) in [7, 11) is 3.00. The molecule has 1 atom stereocenters. The average molecular weight is 273 g/mol. The van der Waals surface area contributed by atoms with E-state index in [0.717, 1.165) is 12.0 Å². The van der Waals surface area contributed by atoms with Crippen LogP contribution in [0.3, 0.4) is 0 Å². The molecular weight excluding hydrogens is 252 g/mol. The molecule has 5 heteroatoms. The van der Waals surface area contributed by atoms with Gasteiger partial charge < -0.3 is 15.2 Å². The number of alkyl halides is 2. The van der Waals surface area contributed by atoms with Crippen molar-refractivity contribution >= 4 is 0 Å². The molecule has 0 aliphatic carbocycles. The van der Waals surface area contributed by atoms with Crippen molar-refractivity contribution in [2.45, 2.75) is 38.7 Å². The van der Waals surface area contributed by atoms with Gasteiger partial charge in [0.2, 0.25) is 6.43 Å². The van der Waals surface area contributed by atoms with E-state index in [1.165, 1.54) is 14.2 Å². The van der Waals surface area contributed by atoms with Crippen LogP contribution in [-0.2, 0) is 12.8 Å². The van der Waals surface area contributed by atoms with Gasteiger partial charge in [0.05, 0.1) is 14.2 Å². The third kappa shape index (κ3) is 4.35. The van der Waals surface area contributed by atoms with E-state index in [4.69, 9.17) is 15.2 Å². The first kappa shape index (κ1) is 15.7. The molecule has 0 spiro atoms. The molecule has 0 fully saturated rings. The van der Waals surface area contributed by atoms with Crippen LogP contribution in [0.4, 0.5) is 8.78 Å². The van der Waals surface area contributed by atoms with Gasteiger partial charge in [0.1, 0.15) is 11.5 Å². The van der Waals surface area contributed by atoms with Crippen molar-refractivity contribution in [3.05, 3.63) is 23.3 Å². The van der Waals surface area contributed by atoms with E-state index in [1.54, 1.807) is 12.1 Å². The molecule has 0 aromatic heterocycles. The minimum Gasteiger partial charge on any atom is -0.496 e. The number of halogens is 2. The van der Waals surface area contributed by atoms with Gasteiger partial charge in [-0.05, 0) is 30.5 Å². The highest BCUT2D eigenvalue weighted by molar-refractivity contribution is 5.47. The zero-order chi connectivity index (χ0) is 14.4. The van der Waals surface area contributed by atoms with E-state index in [9.17, 15) is 8.78 Å². The lowest BCUT2D eigenvalue weighted by molar-refractivity contribution is 0.148. The number of hydrogen-bond donors (Lipinski definition) is 1. The summed E-state index contributed by atoms with van der Waals surface area (Å²) in [5.74, 6) is 1.04. The fourth-order valence-corrected chi connectivity index (χ4v) is 1.94. The molecule has 1 aromatic carbocycles. The number of benzene rings is 1. The maximum atomic E-state index is 12.5. The normalized spacial score (nSPS) is 12.6. The first-order valence-electron chi connectivity index (χ1n) is 6.29. The molecular formula is C14H21F2NO2. The molecule has 0 aliphatic heterocycles. The highest BCUT2D eigenvalue weighted by Crippen LogP contribution is 2.31. The van der Waals surface area contributed by atoms with Crippen molar-refractivity contribution in [3.8, 4) is 11.5 Å². The minimum atomic E-state index is -2.41. The van der Waals surface area contributed by atoms with Gasteiger partial charge in [-0.3, -0.25) is 0 Å². The van der Waals surface area contributed by atoms with Crippen molar-refractivity contribution in [3.63, 3.8) is 0 Å². The van der Waals surface area contributed by atoms with Crippen molar-refractivity contribution < 1.29 is 18.3 Å². The average Bonchev–Trinajstić information content (AvgIpc) is 2.38. The molecule has 0 radical (unpaired) electrons. The van der Waals surface area contributed by atoms with E-state index in [1.807, 2.05) is 6.92 Å². The van der Waals surface area contributed by atoms with Gasteiger partial charge in [0.15, 0.2) is 0 Å². The van der Waals surface area contributed by atoms with Crippen LogP contribution >= 0.6 is 0 Å². The van der Waals surface area contributed by atoms with Crippen LogP contribution in [0.5, 0.6) is 11.5 Å². The molecule has 19 heavy (non-hydrogen) atoms. The monoisotopic (exact) mass is 273 g/mol. The Balaban J connectivity index is 3.11. The van der Waals surface area contributed by atoms with Crippen molar-refractivity contribution in [1.82, 2.24) is 0 Å². The lowest BCUT2D eigenvalue weighted by atomic mass is 10.00. The third-order valence-electron chi connectivity index (χ3n) is 3.06. The smallest absolute Gasteiger partial charge is 0.242 e. The highest BCUT2D eigenvalue weighted by Gasteiger charge is 2.16. The lowest BCUT2D eigenvalue weighted by Gasteiger charge is -2.17. The Morgan fingerprint density at radius 2 is 1.53 bits per heavy atom. The largest absolute Gasteiger partial charge is 0.496 e. The summed E-state index contributed by atoms with van der Waals surface area (Å²) in [6.07, 6.45) is -1.29. The van der Waals surface area contributed by atoms with E-state index < -0.39 is 6.43 Å². The molecule has 0 bridgehead atoms. The second kappa shape index (κ2) is 7.28. The van der Waals surface area contributed by atoms with Crippen LogP contribution in [-0.4, -0.2) is 26.7 Å². The first-order valence-corrected chi connectivity index (χ1v) is 6.29. The number of nitrogens with two attached hydrogens (primary N) is 1. The Labute approximate surface area is 112 Å². The van der Waals surface area contributed by atoms with Gasteiger partial charge in [0, 0.05) is 18.0 Å². The molecule has 108 valence electrons. The molecule has 3 nitrogen and oxygen atoms in total. The second-order valence-electron chi connectivity index (χ2n) is 4.44. The molecule has 1 unspecified atom stereocenters. The van der Waals surface area contributed by atoms with Crippen LogP contribution in [0.1, 0.15) is 24.5 Å².